The molecule has 0 spiro atoms. The highest BCUT2D eigenvalue weighted by molar-refractivity contribution is 7.92. The van der Waals surface area contributed by atoms with Crippen LogP contribution in [0.3, 0.4) is 0 Å². The third-order valence-electron chi connectivity index (χ3n) is 2.55. The molecule has 0 aliphatic heterocycles. The fourth-order valence-corrected chi connectivity index (χ4v) is 2.86. The number of nitrogens with two attached hydrogens (primary N) is 1. The summed E-state index contributed by atoms with van der Waals surface area (Å²) in [7, 11) is -3.58. The number of rotatable bonds is 3. The van der Waals surface area contributed by atoms with E-state index in [2.05, 4.69) is 5.16 Å². The first kappa shape index (κ1) is 12.4. The van der Waals surface area contributed by atoms with Gasteiger partial charge in [-0.25, -0.2) is 8.42 Å². The maximum atomic E-state index is 12.0. The zero-order valence-corrected chi connectivity index (χ0v) is 10.3. The number of fused-ring (bicyclic) bond motifs is 1. The molecule has 0 aliphatic rings. The molecule has 0 fully saturated rings. The van der Waals surface area contributed by atoms with Gasteiger partial charge in [0.1, 0.15) is 5.75 Å². The van der Waals surface area contributed by atoms with E-state index in [0.717, 1.165) is 10.8 Å². The van der Waals surface area contributed by atoms with Crippen molar-refractivity contribution in [3.05, 3.63) is 42.5 Å². The monoisotopic (exact) mass is 264 g/mol. The van der Waals surface area contributed by atoms with Crippen LogP contribution in [0.2, 0.25) is 0 Å². The molecule has 94 valence electrons. The number of benzene rings is 2. The minimum atomic E-state index is -3.58. The summed E-state index contributed by atoms with van der Waals surface area (Å²) >= 11 is 0. The molecule has 0 amide bonds. The Kier molecular flexibility index (Phi) is 3.20. The minimum absolute atomic E-state index is 0.160. The first-order valence-electron chi connectivity index (χ1n) is 5.21. The first-order chi connectivity index (χ1) is 8.53. The van der Waals surface area contributed by atoms with Crippen LogP contribution < -0.4 is 5.73 Å². The molecule has 0 atom stereocenters. The standard InChI is InChI=1S/C12H12N2O3S/c13-12(14-15)8-18(16,17)11-6-5-9-3-1-2-4-10(9)7-11/h1-7,15H,8H2,(H2,13,14). The molecule has 0 aliphatic carbocycles. The maximum Gasteiger partial charge on any atom is 0.185 e. The predicted molar refractivity (Wildman–Crippen MR) is 69.4 cm³/mol. The van der Waals surface area contributed by atoms with E-state index >= 15 is 0 Å². The van der Waals surface area contributed by atoms with Crippen molar-refractivity contribution in [3.8, 4) is 0 Å². The summed E-state index contributed by atoms with van der Waals surface area (Å²) < 4.78 is 23.9. The summed E-state index contributed by atoms with van der Waals surface area (Å²) in [6, 6.07) is 12.3. The Morgan fingerprint density at radius 2 is 1.83 bits per heavy atom. The van der Waals surface area contributed by atoms with Gasteiger partial charge in [-0.05, 0) is 22.9 Å². The molecule has 2 rings (SSSR count). The second-order valence-corrected chi connectivity index (χ2v) is 5.85. The van der Waals surface area contributed by atoms with Gasteiger partial charge in [-0.2, -0.15) is 0 Å². The van der Waals surface area contributed by atoms with Crippen LogP contribution in [0.15, 0.2) is 52.5 Å². The number of hydrogen-bond acceptors (Lipinski definition) is 4. The molecule has 2 aromatic carbocycles. The molecule has 3 N–H and O–H groups in total. The van der Waals surface area contributed by atoms with E-state index in [9.17, 15) is 8.42 Å². The summed E-state index contributed by atoms with van der Waals surface area (Å²) in [6.45, 7) is 0. The molecule has 0 saturated heterocycles. The van der Waals surface area contributed by atoms with Gasteiger partial charge in [-0.1, -0.05) is 35.5 Å². The third kappa shape index (κ3) is 2.43. The smallest absolute Gasteiger partial charge is 0.185 e. The number of oxime groups is 1. The Labute approximate surface area is 104 Å². The molecule has 5 nitrogen and oxygen atoms in total. The quantitative estimate of drug-likeness (QED) is 0.379. The fourth-order valence-electron chi connectivity index (χ4n) is 1.67. The topological polar surface area (TPSA) is 92.8 Å². The van der Waals surface area contributed by atoms with Gasteiger partial charge < -0.3 is 10.9 Å². The van der Waals surface area contributed by atoms with Gasteiger partial charge in [-0.3, -0.25) is 0 Å². The fraction of sp³-hybridized carbons (Fsp3) is 0.0833. The highest BCUT2D eigenvalue weighted by atomic mass is 32.2. The Morgan fingerprint density at radius 3 is 2.50 bits per heavy atom. The summed E-state index contributed by atoms with van der Waals surface area (Å²) in [5.41, 5.74) is 5.23. The molecular formula is C12H12N2O3S. The molecule has 0 aromatic heterocycles. The average molecular weight is 264 g/mol. The van der Waals surface area contributed by atoms with Gasteiger partial charge in [0.15, 0.2) is 15.7 Å². The van der Waals surface area contributed by atoms with E-state index in [-0.39, 0.29) is 10.7 Å². The van der Waals surface area contributed by atoms with E-state index in [1.54, 1.807) is 12.1 Å². The molecule has 2 aromatic rings. The van der Waals surface area contributed by atoms with E-state index in [1.807, 2.05) is 24.3 Å². The average Bonchev–Trinajstić information content (AvgIpc) is 2.37. The van der Waals surface area contributed by atoms with E-state index in [1.165, 1.54) is 6.07 Å². The predicted octanol–water partition coefficient (Wildman–Crippen LogP) is 1.36. The molecular weight excluding hydrogens is 252 g/mol. The third-order valence-corrected chi connectivity index (χ3v) is 4.19. The van der Waals surface area contributed by atoms with E-state index in [0.29, 0.717) is 0 Å². The molecule has 6 heteroatoms. The van der Waals surface area contributed by atoms with Crippen LogP contribution in [0.1, 0.15) is 0 Å². The summed E-state index contributed by atoms with van der Waals surface area (Å²) in [5, 5.41) is 12.9. The van der Waals surface area contributed by atoms with Crippen LogP contribution in [-0.2, 0) is 9.84 Å². The number of amidine groups is 1. The Balaban J connectivity index is 2.48. The SMILES string of the molecule is N/C(CS(=O)(=O)c1ccc2ccccc2c1)=N/O. The highest BCUT2D eigenvalue weighted by Gasteiger charge is 2.17. The first-order valence-corrected chi connectivity index (χ1v) is 6.86. The van der Waals surface area contributed by atoms with Crippen LogP contribution in [0.4, 0.5) is 0 Å². The van der Waals surface area contributed by atoms with Crippen LogP contribution in [-0.4, -0.2) is 25.2 Å². The largest absolute Gasteiger partial charge is 0.409 e. The zero-order chi connectivity index (χ0) is 13.2. The molecule has 0 bridgehead atoms. The van der Waals surface area contributed by atoms with Crippen molar-refractivity contribution in [3.63, 3.8) is 0 Å². The van der Waals surface area contributed by atoms with E-state index < -0.39 is 15.6 Å². The summed E-state index contributed by atoms with van der Waals surface area (Å²) in [4.78, 5) is 0.160. The molecule has 0 saturated carbocycles. The van der Waals surface area contributed by atoms with Crippen molar-refractivity contribution in [2.24, 2.45) is 10.9 Å². The Bertz CT molecular complexity index is 708. The van der Waals surface area contributed by atoms with Crippen molar-refractivity contribution in [1.29, 1.82) is 0 Å². The van der Waals surface area contributed by atoms with Crippen LogP contribution in [0.25, 0.3) is 10.8 Å². The van der Waals surface area contributed by atoms with Crippen LogP contribution in [0.5, 0.6) is 0 Å². The summed E-state index contributed by atoms with van der Waals surface area (Å²) in [6.07, 6.45) is 0. The van der Waals surface area contributed by atoms with Gasteiger partial charge in [0.2, 0.25) is 0 Å². The number of sulfone groups is 1. The number of hydrogen-bond donors (Lipinski definition) is 2. The Hall–Kier alpha value is -2.08. The van der Waals surface area contributed by atoms with Crippen molar-refractivity contribution < 1.29 is 13.6 Å². The normalized spacial score (nSPS) is 12.8. The molecule has 0 radical (unpaired) electrons. The van der Waals surface area contributed by atoms with Gasteiger partial charge in [0.25, 0.3) is 0 Å². The summed E-state index contributed by atoms with van der Waals surface area (Å²) in [5.74, 6) is -0.829. The lowest BCUT2D eigenvalue weighted by Gasteiger charge is -2.05. The van der Waals surface area contributed by atoms with Gasteiger partial charge in [0, 0.05) is 0 Å². The van der Waals surface area contributed by atoms with Crippen LogP contribution in [0, 0.1) is 0 Å². The maximum absolute atomic E-state index is 12.0. The second-order valence-electron chi connectivity index (χ2n) is 3.86. The molecule has 18 heavy (non-hydrogen) atoms. The van der Waals surface area contributed by atoms with Gasteiger partial charge in [-0.15, -0.1) is 0 Å². The number of nitrogens with zero attached hydrogens (tertiary/aromatic N) is 1. The van der Waals surface area contributed by atoms with E-state index in [4.69, 9.17) is 10.9 Å². The minimum Gasteiger partial charge on any atom is -0.409 e. The van der Waals surface area contributed by atoms with Crippen molar-refractivity contribution in [1.82, 2.24) is 0 Å². The molecule has 0 heterocycles. The van der Waals surface area contributed by atoms with Gasteiger partial charge >= 0.3 is 0 Å². The second kappa shape index (κ2) is 4.66. The lowest BCUT2D eigenvalue weighted by molar-refractivity contribution is 0.318. The highest BCUT2D eigenvalue weighted by Crippen LogP contribution is 2.19. The zero-order valence-electron chi connectivity index (χ0n) is 9.45. The molecule has 0 unspecified atom stereocenters. The van der Waals surface area contributed by atoms with Gasteiger partial charge in [0.05, 0.1) is 4.90 Å². The Morgan fingerprint density at radius 1 is 1.17 bits per heavy atom. The van der Waals surface area contributed by atoms with Crippen molar-refractivity contribution in [2.45, 2.75) is 4.90 Å². The lowest BCUT2D eigenvalue weighted by Crippen LogP contribution is -2.23. The lowest BCUT2D eigenvalue weighted by atomic mass is 10.1. The van der Waals surface area contributed by atoms with Crippen LogP contribution >= 0.6 is 0 Å². The van der Waals surface area contributed by atoms with Crippen molar-refractivity contribution in [2.75, 3.05) is 5.75 Å². The van der Waals surface area contributed by atoms with Crippen molar-refractivity contribution >= 4 is 26.4 Å².